The maximum Gasteiger partial charge on any atom is 0.0969 e. The van der Waals surface area contributed by atoms with Gasteiger partial charge in [0.05, 0.1) is 22.6 Å². The minimum atomic E-state index is 0.428. The molecular formula is C12H14ClIN4. The normalized spacial score (nSPS) is 11.2. The first-order valence-electron chi connectivity index (χ1n) is 5.66. The molecule has 1 N–H and O–H groups in total. The molecule has 6 heteroatoms. The van der Waals surface area contributed by atoms with Crippen molar-refractivity contribution < 1.29 is 0 Å². The molecule has 0 unspecified atom stereocenters. The molecule has 1 aromatic carbocycles. The molecule has 0 aliphatic rings. The van der Waals surface area contributed by atoms with E-state index in [4.69, 9.17) is 11.6 Å². The lowest BCUT2D eigenvalue weighted by Gasteiger charge is -2.04. The number of hydrogen-bond donors (Lipinski definition) is 1. The second-order valence-corrected chi connectivity index (χ2v) is 5.94. The summed E-state index contributed by atoms with van der Waals surface area (Å²) in [6.45, 7) is 4.90. The molecule has 0 radical (unpaired) electrons. The van der Waals surface area contributed by atoms with Gasteiger partial charge >= 0.3 is 0 Å². The van der Waals surface area contributed by atoms with Crippen LogP contribution in [0.15, 0.2) is 24.4 Å². The Bertz CT molecular complexity index is 539. The van der Waals surface area contributed by atoms with Gasteiger partial charge in [0.1, 0.15) is 0 Å². The summed E-state index contributed by atoms with van der Waals surface area (Å²) in [6.07, 6.45) is 1.89. The van der Waals surface area contributed by atoms with E-state index in [-0.39, 0.29) is 0 Å². The zero-order valence-corrected chi connectivity index (χ0v) is 13.1. The highest BCUT2D eigenvalue weighted by atomic mass is 127. The molecule has 0 aliphatic heterocycles. The number of aromatic nitrogens is 3. The Morgan fingerprint density at radius 3 is 2.89 bits per heavy atom. The Morgan fingerprint density at radius 2 is 2.22 bits per heavy atom. The van der Waals surface area contributed by atoms with Gasteiger partial charge in [0.25, 0.3) is 0 Å². The largest absolute Gasteiger partial charge is 0.309 e. The average molecular weight is 377 g/mol. The van der Waals surface area contributed by atoms with Gasteiger partial charge in [-0.2, -0.15) is 0 Å². The van der Waals surface area contributed by atoms with Gasteiger partial charge < -0.3 is 5.32 Å². The first-order chi connectivity index (χ1) is 8.56. The van der Waals surface area contributed by atoms with Crippen LogP contribution in [0.1, 0.15) is 19.5 Å². The van der Waals surface area contributed by atoms with E-state index in [1.165, 1.54) is 0 Å². The zero-order valence-electron chi connectivity index (χ0n) is 10.2. The number of nitrogens with one attached hydrogen (secondary N) is 1. The summed E-state index contributed by atoms with van der Waals surface area (Å²) < 4.78 is 2.80. The molecule has 96 valence electrons. The number of nitrogens with zero attached hydrogens (tertiary/aromatic N) is 3. The minimum absolute atomic E-state index is 0.428. The molecule has 0 saturated heterocycles. The summed E-state index contributed by atoms with van der Waals surface area (Å²) in [4.78, 5) is 0. The fraction of sp³-hybridized carbons (Fsp3) is 0.333. The summed E-state index contributed by atoms with van der Waals surface area (Å²) in [5, 5.41) is 12.2. The first kappa shape index (κ1) is 13.8. The van der Waals surface area contributed by atoms with Crippen LogP contribution in [0.3, 0.4) is 0 Å². The van der Waals surface area contributed by atoms with Crippen molar-refractivity contribution in [1.29, 1.82) is 0 Å². The Kier molecular flexibility index (Phi) is 4.58. The molecule has 0 bridgehead atoms. The quantitative estimate of drug-likeness (QED) is 0.834. The van der Waals surface area contributed by atoms with Crippen LogP contribution in [0.4, 0.5) is 0 Å². The third-order valence-corrected chi connectivity index (χ3v) is 3.36. The highest BCUT2D eigenvalue weighted by molar-refractivity contribution is 14.1. The summed E-state index contributed by atoms with van der Waals surface area (Å²) in [7, 11) is 0. The van der Waals surface area contributed by atoms with Crippen molar-refractivity contribution in [3.8, 4) is 5.69 Å². The molecule has 0 amide bonds. The Hall–Kier alpha value is -0.660. The second kappa shape index (κ2) is 5.99. The molecule has 0 saturated carbocycles. The molecular weight excluding hydrogens is 363 g/mol. The summed E-state index contributed by atoms with van der Waals surface area (Å²) in [5.74, 6) is 0. The maximum absolute atomic E-state index is 6.19. The summed E-state index contributed by atoms with van der Waals surface area (Å²) in [5.41, 5.74) is 1.75. The van der Waals surface area contributed by atoms with Gasteiger partial charge in [0.2, 0.25) is 0 Å². The molecule has 2 aromatic rings. The van der Waals surface area contributed by atoms with E-state index in [0.29, 0.717) is 17.6 Å². The third kappa shape index (κ3) is 3.43. The Labute approximate surface area is 125 Å². The van der Waals surface area contributed by atoms with Gasteiger partial charge in [-0.1, -0.05) is 30.7 Å². The van der Waals surface area contributed by atoms with E-state index in [9.17, 15) is 0 Å². The van der Waals surface area contributed by atoms with Gasteiger partial charge in [-0.3, -0.25) is 0 Å². The predicted octanol–water partition coefficient (Wildman–Crippen LogP) is 3.02. The van der Waals surface area contributed by atoms with Crippen LogP contribution in [0.5, 0.6) is 0 Å². The molecule has 0 spiro atoms. The molecule has 18 heavy (non-hydrogen) atoms. The molecule has 4 nitrogen and oxygen atoms in total. The van der Waals surface area contributed by atoms with E-state index in [1.807, 2.05) is 24.4 Å². The second-order valence-electron chi connectivity index (χ2n) is 4.29. The topological polar surface area (TPSA) is 42.7 Å². The Morgan fingerprint density at radius 1 is 1.44 bits per heavy atom. The van der Waals surface area contributed by atoms with Gasteiger partial charge in [-0.05, 0) is 40.8 Å². The van der Waals surface area contributed by atoms with Crippen LogP contribution in [0.25, 0.3) is 5.69 Å². The highest BCUT2D eigenvalue weighted by Crippen LogP contribution is 2.22. The molecule has 1 aromatic heterocycles. The van der Waals surface area contributed by atoms with E-state index in [2.05, 4.69) is 52.1 Å². The highest BCUT2D eigenvalue weighted by Gasteiger charge is 2.07. The van der Waals surface area contributed by atoms with Gasteiger partial charge in [-0.25, -0.2) is 4.68 Å². The van der Waals surface area contributed by atoms with Crippen molar-refractivity contribution >= 4 is 34.2 Å². The van der Waals surface area contributed by atoms with Crippen molar-refractivity contribution in [1.82, 2.24) is 20.3 Å². The van der Waals surface area contributed by atoms with Crippen LogP contribution in [0.2, 0.25) is 5.02 Å². The minimum Gasteiger partial charge on any atom is -0.309 e. The van der Waals surface area contributed by atoms with Gasteiger partial charge in [0, 0.05) is 16.2 Å². The SMILES string of the molecule is CC(C)NCc1cn(-c2ccc(I)cc2Cl)nn1. The van der Waals surface area contributed by atoms with E-state index in [1.54, 1.807) is 4.68 Å². The zero-order chi connectivity index (χ0) is 13.1. The Balaban J connectivity index is 2.18. The fourth-order valence-electron chi connectivity index (χ4n) is 1.47. The van der Waals surface area contributed by atoms with Crippen LogP contribution < -0.4 is 5.32 Å². The molecule has 1 heterocycles. The van der Waals surface area contributed by atoms with E-state index in [0.717, 1.165) is 15.0 Å². The lowest BCUT2D eigenvalue weighted by atomic mass is 10.3. The molecule has 2 rings (SSSR count). The number of rotatable bonds is 4. The number of hydrogen-bond acceptors (Lipinski definition) is 3. The van der Waals surface area contributed by atoms with Crippen molar-refractivity contribution in [3.63, 3.8) is 0 Å². The summed E-state index contributed by atoms with van der Waals surface area (Å²) in [6, 6.07) is 6.27. The van der Waals surface area contributed by atoms with Crippen LogP contribution in [-0.4, -0.2) is 21.0 Å². The van der Waals surface area contributed by atoms with E-state index >= 15 is 0 Å². The van der Waals surface area contributed by atoms with Gasteiger partial charge in [0.15, 0.2) is 0 Å². The maximum atomic E-state index is 6.19. The first-order valence-corrected chi connectivity index (χ1v) is 7.12. The lowest BCUT2D eigenvalue weighted by molar-refractivity contribution is 0.580. The van der Waals surface area contributed by atoms with Crippen LogP contribution in [-0.2, 0) is 6.54 Å². The van der Waals surface area contributed by atoms with Crippen LogP contribution >= 0.6 is 34.2 Å². The van der Waals surface area contributed by atoms with Crippen molar-refractivity contribution in [2.75, 3.05) is 0 Å². The fourth-order valence-corrected chi connectivity index (χ4v) is 2.42. The molecule has 0 fully saturated rings. The van der Waals surface area contributed by atoms with Crippen LogP contribution in [0, 0.1) is 3.57 Å². The standard InChI is InChI=1S/C12H14ClIN4/c1-8(2)15-6-10-7-18(17-16-10)12-4-3-9(14)5-11(12)13/h3-5,7-8,15H,6H2,1-2H3. The van der Waals surface area contributed by atoms with Crippen molar-refractivity contribution in [2.45, 2.75) is 26.4 Å². The van der Waals surface area contributed by atoms with E-state index < -0.39 is 0 Å². The monoisotopic (exact) mass is 376 g/mol. The van der Waals surface area contributed by atoms with Crippen molar-refractivity contribution in [3.05, 3.63) is 38.7 Å². The number of benzene rings is 1. The summed E-state index contributed by atoms with van der Waals surface area (Å²) >= 11 is 8.42. The number of halogens is 2. The molecule has 0 aliphatic carbocycles. The molecule has 0 atom stereocenters. The lowest BCUT2D eigenvalue weighted by Crippen LogP contribution is -2.21. The third-order valence-electron chi connectivity index (χ3n) is 2.39. The smallest absolute Gasteiger partial charge is 0.0969 e. The average Bonchev–Trinajstić information content (AvgIpc) is 2.75. The van der Waals surface area contributed by atoms with Crippen molar-refractivity contribution in [2.24, 2.45) is 0 Å². The van der Waals surface area contributed by atoms with Gasteiger partial charge in [-0.15, -0.1) is 5.10 Å². The predicted molar refractivity (Wildman–Crippen MR) is 81.1 cm³/mol.